The molecule has 2 N–H and O–H groups in total. The molecule has 1 amide bonds. The number of primary amides is 1. The van der Waals surface area contributed by atoms with E-state index in [1.807, 2.05) is 11.0 Å². The van der Waals surface area contributed by atoms with Crippen molar-refractivity contribution in [3.63, 3.8) is 0 Å². The van der Waals surface area contributed by atoms with E-state index in [4.69, 9.17) is 10.5 Å². The second-order valence-corrected chi connectivity index (χ2v) is 7.52. The van der Waals surface area contributed by atoms with Crippen molar-refractivity contribution in [2.75, 3.05) is 33.3 Å². The smallest absolute Gasteiger partial charge is 0.222 e. The van der Waals surface area contributed by atoms with Crippen LogP contribution < -0.4 is 10.5 Å². The van der Waals surface area contributed by atoms with E-state index < -0.39 is 0 Å². The fourth-order valence-corrected chi connectivity index (χ4v) is 4.15. The predicted molar refractivity (Wildman–Crippen MR) is 108 cm³/mol. The van der Waals surface area contributed by atoms with Crippen molar-refractivity contribution in [3.8, 4) is 5.75 Å². The number of likely N-dealkylation sites (tertiary alicyclic amines) is 1. The van der Waals surface area contributed by atoms with Crippen molar-refractivity contribution >= 4 is 11.7 Å². The van der Waals surface area contributed by atoms with Crippen LogP contribution in [0.3, 0.4) is 0 Å². The summed E-state index contributed by atoms with van der Waals surface area (Å²) in [7, 11) is 1.78. The standard InChI is InChI=1S/C21H30N4O2/c1-5-24-10-11-27-19-12-15(6-7-17(19)21(24)23-4)16-8-9-25(14(2)3)13-18(16)20(22)26/h5-7,12,14,16,18H,1,8-11,13H2,2-4H3,(H2,22,26). The minimum Gasteiger partial charge on any atom is -0.491 e. The molecule has 1 aromatic carbocycles. The molecule has 0 aliphatic carbocycles. The molecule has 2 atom stereocenters. The third kappa shape index (κ3) is 3.86. The molecule has 146 valence electrons. The number of benzene rings is 1. The molecule has 27 heavy (non-hydrogen) atoms. The zero-order valence-corrected chi connectivity index (χ0v) is 16.5. The normalized spacial score (nSPS) is 25.0. The Hall–Kier alpha value is -2.34. The minimum absolute atomic E-state index is 0.118. The molecule has 2 aliphatic rings. The van der Waals surface area contributed by atoms with Crippen molar-refractivity contribution in [2.45, 2.75) is 32.2 Å². The summed E-state index contributed by atoms with van der Waals surface area (Å²) in [5.41, 5.74) is 7.83. The minimum atomic E-state index is -0.227. The Kier molecular flexibility index (Phi) is 5.85. The summed E-state index contributed by atoms with van der Waals surface area (Å²) in [4.78, 5) is 20.9. The zero-order valence-electron chi connectivity index (χ0n) is 16.5. The number of rotatable bonds is 4. The van der Waals surface area contributed by atoms with Crippen LogP contribution in [-0.4, -0.2) is 60.9 Å². The van der Waals surface area contributed by atoms with Crippen LogP contribution in [0.15, 0.2) is 36.0 Å². The number of carbonyl (C=O) groups excluding carboxylic acids is 1. The molecule has 2 unspecified atom stereocenters. The van der Waals surface area contributed by atoms with Gasteiger partial charge in [-0.3, -0.25) is 9.79 Å². The molecule has 2 heterocycles. The van der Waals surface area contributed by atoms with Gasteiger partial charge in [-0.05, 0) is 56.6 Å². The van der Waals surface area contributed by atoms with Crippen LogP contribution in [0, 0.1) is 5.92 Å². The van der Waals surface area contributed by atoms with E-state index in [0.29, 0.717) is 25.7 Å². The average Bonchev–Trinajstić information content (AvgIpc) is 2.85. The van der Waals surface area contributed by atoms with Crippen LogP contribution in [-0.2, 0) is 4.79 Å². The first-order valence-electron chi connectivity index (χ1n) is 9.62. The average molecular weight is 370 g/mol. The highest BCUT2D eigenvalue weighted by atomic mass is 16.5. The molecule has 0 aromatic heterocycles. The number of carbonyl (C=O) groups is 1. The van der Waals surface area contributed by atoms with Gasteiger partial charge >= 0.3 is 0 Å². The molecule has 6 nitrogen and oxygen atoms in total. The third-order valence-electron chi connectivity index (χ3n) is 5.71. The largest absolute Gasteiger partial charge is 0.491 e. The summed E-state index contributed by atoms with van der Waals surface area (Å²) in [6.45, 7) is 11.1. The van der Waals surface area contributed by atoms with Gasteiger partial charge in [0.2, 0.25) is 5.91 Å². The van der Waals surface area contributed by atoms with Gasteiger partial charge in [0.15, 0.2) is 0 Å². The van der Waals surface area contributed by atoms with Crippen LogP contribution in [0.4, 0.5) is 0 Å². The second kappa shape index (κ2) is 8.13. The highest BCUT2D eigenvalue weighted by Gasteiger charge is 2.35. The van der Waals surface area contributed by atoms with E-state index in [9.17, 15) is 4.79 Å². The maximum Gasteiger partial charge on any atom is 0.222 e. The van der Waals surface area contributed by atoms with Crippen molar-refractivity contribution in [2.24, 2.45) is 16.6 Å². The number of ether oxygens (including phenoxy) is 1. The molecule has 6 heteroatoms. The van der Waals surface area contributed by atoms with Gasteiger partial charge in [-0.15, -0.1) is 0 Å². The van der Waals surface area contributed by atoms with E-state index in [1.165, 1.54) is 0 Å². The maximum absolute atomic E-state index is 12.2. The fraction of sp³-hybridized carbons (Fsp3) is 0.524. The molecule has 0 spiro atoms. The molecule has 2 aliphatic heterocycles. The van der Waals surface area contributed by atoms with Crippen molar-refractivity contribution in [3.05, 3.63) is 42.1 Å². The highest BCUT2D eigenvalue weighted by Crippen LogP contribution is 2.37. The van der Waals surface area contributed by atoms with E-state index >= 15 is 0 Å². The van der Waals surface area contributed by atoms with Gasteiger partial charge in [-0.2, -0.15) is 0 Å². The number of amidine groups is 1. The Labute approximate surface area is 161 Å². The van der Waals surface area contributed by atoms with E-state index in [2.05, 4.69) is 42.5 Å². The zero-order chi connectivity index (χ0) is 19.6. The molecule has 1 aromatic rings. The summed E-state index contributed by atoms with van der Waals surface area (Å²) in [6.07, 6.45) is 2.69. The Morgan fingerprint density at radius 1 is 1.41 bits per heavy atom. The SMILES string of the molecule is C=CN1CCOc2cc(C3CCN(C(C)C)CC3C(N)=O)ccc2C1=NC. The lowest BCUT2D eigenvalue weighted by atomic mass is 9.79. The first kappa shape index (κ1) is 19.4. The second-order valence-electron chi connectivity index (χ2n) is 7.52. The number of hydrogen-bond acceptors (Lipinski definition) is 4. The van der Waals surface area contributed by atoms with Gasteiger partial charge in [0.1, 0.15) is 18.2 Å². The number of nitrogens with zero attached hydrogens (tertiary/aromatic N) is 3. The highest BCUT2D eigenvalue weighted by molar-refractivity contribution is 6.02. The summed E-state index contributed by atoms with van der Waals surface area (Å²) >= 11 is 0. The van der Waals surface area contributed by atoms with Crippen LogP contribution in [0.25, 0.3) is 0 Å². The molecular weight excluding hydrogens is 340 g/mol. The fourth-order valence-electron chi connectivity index (χ4n) is 4.15. The molecule has 3 rings (SSSR count). The third-order valence-corrected chi connectivity index (χ3v) is 5.71. The Balaban J connectivity index is 1.93. The van der Waals surface area contributed by atoms with Gasteiger partial charge in [-0.25, -0.2) is 0 Å². The van der Waals surface area contributed by atoms with E-state index in [0.717, 1.165) is 35.7 Å². The molecule has 1 saturated heterocycles. The number of fused-ring (bicyclic) bond motifs is 1. The van der Waals surface area contributed by atoms with Crippen LogP contribution in [0.5, 0.6) is 5.75 Å². The van der Waals surface area contributed by atoms with Gasteiger partial charge < -0.3 is 20.3 Å². The van der Waals surface area contributed by atoms with Crippen LogP contribution >= 0.6 is 0 Å². The monoisotopic (exact) mass is 370 g/mol. The number of hydrogen-bond donors (Lipinski definition) is 1. The van der Waals surface area contributed by atoms with Crippen LogP contribution in [0.1, 0.15) is 37.3 Å². The summed E-state index contributed by atoms with van der Waals surface area (Å²) in [5, 5.41) is 0. The molecule has 0 radical (unpaired) electrons. The first-order chi connectivity index (χ1) is 13.0. The van der Waals surface area contributed by atoms with Crippen molar-refractivity contribution in [1.82, 2.24) is 9.80 Å². The van der Waals surface area contributed by atoms with Crippen molar-refractivity contribution < 1.29 is 9.53 Å². The van der Waals surface area contributed by atoms with Gasteiger partial charge in [0.05, 0.1) is 18.0 Å². The lowest BCUT2D eigenvalue weighted by Crippen LogP contribution is -2.47. The maximum atomic E-state index is 12.2. The number of aliphatic imine (C=N–C) groups is 1. The number of piperidine rings is 1. The summed E-state index contributed by atoms with van der Waals surface area (Å²) < 4.78 is 6.00. The van der Waals surface area contributed by atoms with E-state index in [-0.39, 0.29) is 17.7 Å². The Morgan fingerprint density at radius 3 is 2.81 bits per heavy atom. The lowest BCUT2D eigenvalue weighted by molar-refractivity contribution is -0.124. The quantitative estimate of drug-likeness (QED) is 0.882. The molecule has 1 fully saturated rings. The predicted octanol–water partition coefficient (Wildman–Crippen LogP) is 2.20. The number of nitrogens with two attached hydrogens (primary N) is 1. The topological polar surface area (TPSA) is 71.2 Å². The Bertz CT molecular complexity index is 744. The lowest BCUT2D eigenvalue weighted by Gasteiger charge is -2.39. The van der Waals surface area contributed by atoms with Crippen LogP contribution in [0.2, 0.25) is 0 Å². The van der Waals surface area contributed by atoms with Crippen molar-refractivity contribution in [1.29, 1.82) is 0 Å². The Morgan fingerprint density at radius 2 is 2.19 bits per heavy atom. The van der Waals surface area contributed by atoms with E-state index in [1.54, 1.807) is 13.2 Å². The van der Waals surface area contributed by atoms with Gasteiger partial charge in [0.25, 0.3) is 0 Å². The molecule has 0 bridgehead atoms. The van der Waals surface area contributed by atoms with Gasteiger partial charge in [-0.1, -0.05) is 12.6 Å². The molecular formula is C21H30N4O2. The summed E-state index contributed by atoms with van der Waals surface area (Å²) in [6, 6.07) is 6.61. The van der Waals surface area contributed by atoms with Gasteiger partial charge in [0, 0.05) is 19.6 Å². The molecule has 0 saturated carbocycles. The first-order valence-corrected chi connectivity index (χ1v) is 9.62. The number of amides is 1. The summed E-state index contributed by atoms with van der Waals surface area (Å²) in [5.74, 6) is 1.37.